The second-order valence-electron chi connectivity index (χ2n) is 3.54. The minimum atomic E-state index is -3.03. The van der Waals surface area contributed by atoms with E-state index < -0.39 is 19.0 Å². The zero-order valence-corrected chi connectivity index (χ0v) is 9.61. The molecule has 1 N–H and O–H groups in total. The third-order valence-corrected chi connectivity index (χ3v) is 2.30. The summed E-state index contributed by atoms with van der Waals surface area (Å²) in [7, 11) is 0. The van der Waals surface area contributed by atoms with Crippen LogP contribution in [0.5, 0.6) is 5.75 Å². The summed E-state index contributed by atoms with van der Waals surface area (Å²) in [4.78, 5) is 10.7. The van der Waals surface area contributed by atoms with Gasteiger partial charge in [0.05, 0.1) is 18.1 Å². The lowest BCUT2D eigenvalue weighted by atomic mass is 10.0. The van der Waals surface area contributed by atoms with Crippen molar-refractivity contribution in [3.8, 4) is 11.8 Å². The van der Waals surface area contributed by atoms with Crippen molar-refractivity contribution in [2.75, 3.05) is 0 Å². The summed E-state index contributed by atoms with van der Waals surface area (Å²) < 4.78 is 29.0. The Kier molecular flexibility index (Phi) is 4.60. The van der Waals surface area contributed by atoms with E-state index in [0.717, 1.165) is 0 Å². The first-order valence-electron chi connectivity index (χ1n) is 5.20. The molecule has 0 bridgehead atoms. The van der Waals surface area contributed by atoms with E-state index in [4.69, 9.17) is 10.4 Å². The molecule has 0 aliphatic rings. The third-order valence-electron chi connectivity index (χ3n) is 2.30. The van der Waals surface area contributed by atoms with Gasteiger partial charge in [-0.15, -0.1) is 0 Å². The van der Waals surface area contributed by atoms with E-state index in [2.05, 4.69) is 4.74 Å². The van der Waals surface area contributed by atoms with Crippen LogP contribution in [0, 0.1) is 11.3 Å². The first-order valence-corrected chi connectivity index (χ1v) is 5.20. The quantitative estimate of drug-likeness (QED) is 0.876. The number of nitrogens with zero attached hydrogens (tertiary/aromatic N) is 1. The Morgan fingerprint density at radius 2 is 2.11 bits per heavy atom. The van der Waals surface area contributed by atoms with Gasteiger partial charge < -0.3 is 9.84 Å². The molecule has 18 heavy (non-hydrogen) atoms. The number of hydrogen-bond acceptors (Lipinski definition) is 3. The molecule has 0 heterocycles. The average Bonchev–Trinajstić information content (AvgIpc) is 2.29. The van der Waals surface area contributed by atoms with E-state index in [1.165, 1.54) is 12.1 Å². The monoisotopic (exact) mass is 255 g/mol. The molecule has 0 saturated heterocycles. The highest BCUT2D eigenvalue weighted by Gasteiger charge is 2.17. The van der Waals surface area contributed by atoms with Gasteiger partial charge in [0, 0.05) is 5.56 Å². The van der Waals surface area contributed by atoms with Crippen LogP contribution < -0.4 is 4.74 Å². The zero-order chi connectivity index (χ0) is 13.7. The van der Waals surface area contributed by atoms with Crippen LogP contribution in [0.3, 0.4) is 0 Å². The summed E-state index contributed by atoms with van der Waals surface area (Å²) in [5, 5.41) is 17.5. The molecule has 0 fully saturated rings. The number of alkyl halides is 2. The lowest BCUT2D eigenvalue weighted by Gasteiger charge is -2.14. The second-order valence-corrected chi connectivity index (χ2v) is 3.54. The Morgan fingerprint density at radius 1 is 1.50 bits per heavy atom. The number of carbonyl (C=O) groups is 1. The molecule has 1 rings (SSSR count). The normalized spacial score (nSPS) is 10.2. The van der Waals surface area contributed by atoms with Crippen molar-refractivity contribution in [2.45, 2.75) is 26.4 Å². The van der Waals surface area contributed by atoms with Crippen LogP contribution in [-0.2, 0) is 17.6 Å². The molecule has 0 aromatic heterocycles. The summed E-state index contributed by atoms with van der Waals surface area (Å²) in [5.41, 5.74) is 0.703. The molecule has 4 nitrogen and oxygen atoms in total. The van der Waals surface area contributed by atoms with Crippen LogP contribution in [0.15, 0.2) is 12.1 Å². The number of halogens is 2. The van der Waals surface area contributed by atoms with Gasteiger partial charge >= 0.3 is 12.6 Å². The maximum absolute atomic E-state index is 12.3. The van der Waals surface area contributed by atoms with Crippen molar-refractivity contribution in [1.82, 2.24) is 0 Å². The van der Waals surface area contributed by atoms with Gasteiger partial charge in [0.1, 0.15) is 5.75 Å². The van der Waals surface area contributed by atoms with E-state index >= 15 is 0 Å². The summed E-state index contributed by atoms with van der Waals surface area (Å²) in [6.07, 6.45) is -0.102. The van der Waals surface area contributed by atoms with E-state index in [-0.39, 0.29) is 16.9 Å². The van der Waals surface area contributed by atoms with Gasteiger partial charge in [-0.1, -0.05) is 6.92 Å². The summed E-state index contributed by atoms with van der Waals surface area (Å²) in [6.45, 7) is -1.32. The topological polar surface area (TPSA) is 70.3 Å². The summed E-state index contributed by atoms with van der Waals surface area (Å²) >= 11 is 0. The number of carboxylic acid groups (broad SMARTS) is 1. The predicted molar refractivity (Wildman–Crippen MR) is 58.5 cm³/mol. The number of nitriles is 1. The SMILES string of the molecule is CCc1cc(C#N)cc(CC(=O)O)c1OC(F)F. The molecule has 6 heteroatoms. The van der Waals surface area contributed by atoms with Crippen LogP contribution in [0.1, 0.15) is 23.6 Å². The first kappa shape index (κ1) is 13.9. The maximum atomic E-state index is 12.3. The van der Waals surface area contributed by atoms with Crippen LogP contribution in [0.25, 0.3) is 0 Å². The van der Waals surface area contributed by atoms with Gasteiger partial charge in [-0.2, -0.15) is 14.0 Å². The van der Waals surface area contributed by atoms with Crippen molar-refractivity contribution in [3.05, 3.63) is 28.8 Å². The van der Waals surface area contributed by atoms with Crippen LogP contribution in [0.2, 0.25) is 0 Å². The molecule has 0 spiro atoms. The van der Waals surface area contributed by atoms with Crippen molar-refractivity contribution < 1.29 is 23.4 Å². The molecule has 1 aromatic carbocycles. The van der Waals surface area contributed by atoms with Gasteiger partial charge in [0.2, 0.25) is 0 Å². The maximum Gasteiger partial charge on any atom is 0.387 e. The highest BCUT2D eigenvalue weighted by Crippen LogP contribution is 2.28. The number of hydrogen-bond donors (Lipinski definition) is 1. The molecule has 0 atom stereocenters. The lowest BCUT2D eigenvalue weighted by Crippen LogP contribution is -2.10. The average molecular weight is 255 g/mol. The standard InChI is InChI=1S/C12H11F2NO3/c1-2-8-3-7(6-15)4-9(5-10(16)17)11(8)18-12(13)14/h3-4,12H,2,5H2,1H3,(H,16,17). The fourth-order valence-corrected chi connectivity index (χ4v) is 1.62. The number of aryl methyl sites for hydroxylation is 1. The number of carboxylic acids is 1. The van der Waals surface area contributed by atoms with Crippen molar-refractivity contribution in [1.29, 1.82) is 5.26 Å². The smallest absolute Gasteiger partial charge is 0.387 e. The minimum Gasteiger partial charge on any atom is -0.481 e. The summed E-state index contributed by atoms with van der Waals surface area (Å²) in [6, 6.07) is 4.53. The van der Waals surface area contributed by atoms with Crippen LogP contribution in [-0.4, -0.2) is 17.7 Å². The second kappa shape index (κ2) is 5.96. The third kappa shape index (κ3) is 3.42. The molecular weight excluding hydrogens is 244 g/mol. The first-order chi connectivity index (χ1) is 8.47. The molecule has 1 aromatic rings. The Morgan fingerprint density at radius 3 is 2.56 bits per heavy atom. The molecule has 0 aliphatic carbocycles. The minimum absolute atomic E-state index is 0.0821. The van der Waals surface area contributed by atoms with E-state index in [0.29, 0.717) is 12.0 Å². The number of aliphatic carboxylic acids is 1. The number of benzene rings is 1. The van der Waals surface area contributed by atoms with Crippen molar-refractivity contribution >= 4 is 5.97 Å². The lowest BCUT2D eigenvalue weighted by molar-refractivity contribution is -0.136. The predicted octanol–water partition coefficient (Wildman–Crippen LogP) is 2.35. The molecule has 0 radical (unpaired) electrons. The van der Waals surface area contributed by atoms with E-state index in [1.54, 1.807) is 6.92 Å². The Hall–Kier alpha value is -2.16. The number of rotatable bonds is 5. The Bertz CT molecular complexity index is 495. The molecule has 0 saturated carbocycles. The zero-order valence-electron chi connectivity index (χ0n) is 9.61. The van der Waals surface area contributed by atoms with Crippen LogP contribution in [0.4, 0.5) is 8.78 Å². The highest BCUT2D eigenvalue weighted by molar-refractivity contribution is 5.72. The van der Waals surface area contributed by atoms with Gasteiger partial charge in [-0.05, 0) is 24.1 Å². The molecule has 0 unspecified atom stereocenters. The van der Waals surface area contributed by atoms with Gasteiger partial charge in [-0.25, -0.2) is 0 Å². The Balaban J connectivity index is 3.32. The van der Waals surface area contributed by atoms with Gasteiger partial charge in [-0.3, -0.25) is 4.79 Å². The van der Waals surface area contributed by atoms with Crippen LogP contribution >= 0.6 is 0 Å². The van der Waals surface area contributed by atoms with Gasteiger partial charge in [0.15, 0.2) is 0 Å². The molecule has 0 aliphatic heterocycles. The number of ether oxygens (including phenoxy) is 1. The summed E-state index contributed by atoms with van der Waals surface area (Å²) in [5.74, 6) is -1.32. The van der Waals surface area contributed by atoms with Crippen molar-refractivity contribution in [2.24, 2.45) is 0 Å². The van der Waals surface area contributed by atoms with E-state index in [1.807, 2.05) is 6.07 Å². The van der Waals surface area contributed by atoms with Gasteiger partial charge in [0.25, 0.3) is 0 Å². The largest absolute Gasteiger partial charge is 0.481 e. The van der Waals surface area contributed by atoms with E-state index in [9.17, 15) is 13.6 Å². The van der Waals surface area contributed by atoms with Crippen molar-refractivity contribution in [3.63, 3.8) is 0 Å². The molecule has 0 amide bonds. The highest BCUT2D eigenvalue weighted by atomic mass is 19.3. The molecular formula is C12H11F2NO3. The fraction of sp³-hybridized carbons (Fsp3) is 0.333. The fourth-order valence-electron chi connectivity index (χ4n) is 1.62. The Labute approximate surface area is 102 Å². The molecule has 96 valence electrons.